The predicted molar refractivity (Wildman–Crippen MR) is 180 cm³/mol. The van der Waals surface area contributed by atoms with Gasteiger partial charge < -0.3 is 34.8 Å². The van der Waals surface area contributed by atoms with Crippen molar-refractivity contribution in [2.45, 2.75) is 71.9 Å². The molecule has 47 heavy (non-hydrogen) atoms. The quantitative estimate of drug-likeness (QED) is 0.217. The van der Waals surface area contributed by atoms with Crippen molar-refractivity contribution in [3.8, 4) is 17.2 Å². The molecule has 3 N–H and O–H groups in total. The number of hydrogen-bond donors (Lipinski definition) is 3. The Balaban J connectivity index is 1.07. The molecule has 1 fully saturated rings. The van der Waals surface area contributed by atoms with Crippen molar-refractivity contribution in [2.24, 2.45) is 0 Å². The smallest absolute Gasteiger partial charge is 0.407 e. The number of carbonyl (C=O) groups excluding carboxylic acids is 2. The van der Waals surface area contributed by atoms with Gasteiger partial charge in [-0.1, -0.05) is 55.0 Å². The largest absolute Gasteiger partial charge is 0.508 e. The molecule has 252 valence electrons. The predicted octanol–water partition coefficient (Wildman–Crippen LogP) is 5.65. The third-order valence-corrected chi connectivity index (χ3v) is 8.49. The van der Waals surface area contributed by atoms with Crippen molar-refractivity contribution in [1.29, 1.82) is 0 Å². The topological polar surface area (TPSA) is 115 Å². The number of phenols is 2. The second-order valence-electron chi connectivity index (χ2n) is 13.5. The van der Waals surface area contributed by atoms with Gasteiger partial charge >= 0.3 is 6.09 Å². The lowest BCUT2D eigenvalue weighted by Crippen LogP contribution is -2.46. The first-order valence-electron chi connectivity index (χ1n) is 16.6. The number of piperazine rings is 1. The van der Waals surface area contributed by atoms with E-state index in [1.54, 1.807) is 4.90 Å². The minimum atomic E-state index is -0.473. The lowest BCUT2D eigenvalue weighted by molar-refractivity contribution is 0.0526. The standard InChI is InChI=1S/C37H48N4O6/c1-37(2,3)47-36(45)38-14-8-5-9-15-39-16-18-40(19-17-39)23-28-12-13-29-24-41(25-30(29)20-28)35(44)34-32(43)21-31(42)22-33(34)46-26-27-10-6-4-7-11-27/h4,6-7,10-13,20-22,42-43H,5,8-9,14-19,23-26H2,1-3H3,(H,38,45). The molecule has 2 aliphatic heterocycles. The number of unbranched alkanes of at least 4 members (excludes halogenated alkanes) is 2. The van der Waals surface area contributed by atoms with Gasteiger partial charge in [0.1, 0.15) is 35.0 Å². The highest BCUT2D eigenvalue weighted by Crippen LogP contribution is 2.36. The molecule has 0 aliphatic carbocycles. The van der Waals surface area contributed by atoms with E-state index in [1.165, 1.54) is 17.7 Å². The summed E-state index contributed by atoms with van der Waals surface area (Å²) in [5.74, 6) is -0.646. The third kappa shape index (κ3) is 9.86. The number of carbonyl (C=O) groups is 2. The van der Waals surface area contributed by atoms with Gasteiger partial charge in [-0.05, 0) is 62.4 Å². The number of amides is 2. The summed E-state index contributed by atoms with van der Waals surface area (Å²) in [5.41, 5.74) is 3.93. The van der Waals surface area contributed by atoms with Crippen molar-refractivity contribution < 1.29 is 29.3 Å². The summed E-state index contributed by atoms with van der Waals surface area (Å²) >= 11 is 0. The molecule has 1 saturated heterocycles. The van der Waals surface area contributed by atoms with Gasteiger partial charge in [-0.15, -0.1) is 0 Å². The van der Waals surface area contributed by atoms with Crippen molar-refractivity contribution in [2.75, 3.05) is 39.3 Å². The first kappa shape index (κ1) is 34.1. The van der Waals surface area contributed by atoms with Crippen LogP contribution in [-0.2, 0) is 31.0 Å². The first-order chi connectivity index (χ1) is 22.5. The molecule has 10 heteroatoms. The van der Waals surface area contributed by atoms with Crippen LogP contribution in [0.4, 0.5) is 4.79 Å². The Morgan fingerprint density at radius 3 is 2.30 bits per heavy atom. The zero-order valence-corrected chi connectivity index (χ0v) is 27.8. The number of hydrogen-bond acceptors (Lipinski definition) is 8. The van der Waals surface area contributed by atoms with E-state index in [9.17, 15) is 19.8 Å². The molecule has 3 aromatic rings. The van der Waals surface area contributed by atoms with E-state index in [0.29, 0.717) is 19.6 Å². The molecule has 0 unspecified atom stereocenters. The van der Waals surface area contributed by atoms with E-state index in [2.05, 4.69) is 33.3 Å². The summed E-state index contributed by atoms with van der Waals surface area (Å²) in [4.78, 5) is 32.1. The van der Waals surface area contributed by atoms with Crippen LogP contribution in [0.25, 0.3) is 0 Å². The minimum absolute atomic E-state index is 0.0575. The van der Waals surface area contributed by atoms with E-state index in [0.717, 1.165) is 75.2 Å². The van der Waals surface area contributed by atoms with Gasteiger partial charge in [0.15, 0.2) is 0 Å². The molecule has 2 amide bonds. The first-order valence-corrected chi connectivity index (χ1v) is 16.6. The van der Waals surface area contributed by atoms with Crippen LogP contribution in [0.2, 0.25) is 0 Å². The van der Waals surface area contributed by atoms with E-state index >= 15 is 0 Å². The van der Waals surface area contributed by atoms with Gasteiger partial charge in [0.2, 0.25) is 0 Å². The molecule has 3 aromatic carbocycles. The molecule has 2 heterocycles. The van der Waals surface area contributed by atoms with Crippen LogP contribution in [0.5, 0.6) is 17.2 Å². The Kier molecular flexibility index (Phi) is 11.3. The van der Waals surface area contributed by atoms with Crippen molar-refractivity contribution in [3.05, 3.63) is 88.5 Å². The van der Waals surface area contributed by atoms with Crippen LogP contribution in [0.15, 0.2) is 60.7 Å². The van der Waals surface area contributed by atoms with Crippen LogP contribution in [0, 0.1) is 0 Å². The molecule has 0 aromatic heterocycles. The molecule has 0 spiro atoms. The molecular weight excluding hydrogens is 596 g/mol. The van der Waals surface area contributed by atoms with Crippen molar-refractivity contribution >= 4 is 12.0 Å². The summed E-state index contributed by atoms with van der Waals surface area (Å²) in [5, 5.41) is 23.6. The van der Waals surface area contributed by atoms with Gasteiger partial charge in [-0.25, -0.2) is 4.79 Å². The number of alkyl carbamates (subject to hydrolysis) is 1. The summed E-state index contributed by atoms with van der Waals surface area (Å²) < 4.78 is 11.2. The number of aromatic hydroxyl groups is 2. The second-order valence-corrected chi connectivity index (χ2v) is 13.5. The van der Waals surface area contributed by atoms with Crippen molar-refractivity contribution in [1.82, 2.24) is 20.0 Å². The monoisotopic (exact) mass is 644 g/mol. The van der Waals surface area contributed by atoms with E-state index in [4.69, 9.17) is 9.47 Å². The maximum atomic E-state index is 13.7. The fourth-order valence-electron chi connectivity index (χ4n) is 6.07. The zero-order chi connectivity index (χ0) is 33.4. The number of nitrogens with zero attached hydrogens (tertiary/aromatic N) is 3. The molecule has 0 radical (unpaired) electrons. The fraction of sp³-hybridized carbons (Fsp3) is 0.459. The van der Waals surface area contributed by atoms with Crippen LogP contribution < -0.4 is 10.1 Å². The molecule has 2 aliphatic rings. The van der Waals surface area contributed by atoms with Crippen LogP contribution in [-0.4, -0.2) is 81.8 Å². The lowest BCUT2D eigenvalue weighted by Gasteiger charge is -2.34. The molecule has 0 saturated carbocycles. The fourth-order valence-corrected chi connectivity index (χ4v) is 6.07. The molecule has 0 bridgehead atoms. The molecular formula is C37H48N4O6. The summed E-state index contributed by atoms with van der Waals surface area (Å²) in [6.07, 6.45) is 2.77. The average Bonchev–Trinajstić information content (AvgIpc) is 3.45. The van der Waals surface area contributed by atoms with E-state index in [-0.39, 0.29) is 41.4 Å². The highest BCUT2D eigenvalue weighted by molar-refractivity contribution is 6.00. The summed E-state index contributed by atoms with van der Waals surface area (Å²) in [7, 11) is 0. The Morgan fingerprint density at radius 2 is 1.55 bits per heavy atom. The SMILES string of the molecule is CC(C)(C)OC(=O)NCCCCCN1CCN(Cc2ccc3c(c2)CN(C(=O)c2c(O)cc(O)cc2OCc2ccccc2)C3)CC1. The zero-order valence-electron chi connectivity index (χ0n) is 27.8. The Bertz CT molecular complexity index is 1520. The van der Waals surface area contributed by atoms with Gasteiger partial charge in [0, 0.05) is 64.5 Å². The highest BCUT2D eigenvalue weighted by Gasteiger charge is 2.30. The Labute approximate surface area is 277 Å². The van der Waals surface area contributed by atoms with E-state index < -0.39 is 5.60 Å². The molecule has 5 rings (SSSR count). The van der Waals surface area contributed by atoms with E-state index in [1.807, 2.05) is 51.1 Å². The lowest BCUT2D eigenvalue weighted by atomic mass is 10.1. The minimum Gasteiger partial charge on any atom is -0.508 e. The molecule has 0 atom stereocenters. The van der Waals surface area contributed by atoms with Crippen LogP contribution in [0.3, 0.4) is 0 Å². The summed E-state index contributed by atoms with van der Waals surface area (Å²) in [6.45, 7) is 13.3. The summed E-state index contributed by atoms with van der Waals surface area (Å²) in [6, 6.07) is 18.6. The average molecular weight is 645 g/mol. The maximum absolute atomic E-state index is 13.7. The maximum Gasteiger partial charge on any atom is 0.407 e. The van der Waals surface area contributed by atoms with Gasteiger partial charge in [0.05, 0.1) is 0 Å². The van der Waals surface area contributed by atoms with Crippen LogP contribution >= 0.6 is 0 Å². The van der Waals surface area contributed by atoms with Crippen molar-refractivity contribution in [3.63, 3.8) is 0 Å². The number of fused-ring (bicyclic) bond motifs is 1. The molecule has 10 nitrogen and oxygen atoms in total. The highest BCUT2D eigenvalue weighted by atomic mass is 16.6. The number of benzene rings is 3. The number of ether oxygens (including phenoxy) is 2. The number of phenolic OH excluding ortho intramolecular Hbond substituents is 2. The number of nitrogens with one attached hydrogen (secondary N) is 1. The van der Waals surface area contributed by atoms with Gasteiger partial charge in [-0.3, -0.25) is 9.69 Å². The number of rotatable bonds is 12. The second kappa shape index (κ2) is 15.5. The Morgan fingerprint density at radius 1 is 0.830 bits per heavy atom. The van der Waals surface area contributed by atoms with Gasteiger partial charge in [0.25, 0.3) is 5.91 Å². The van der Waals surface area contributed by atoms with Gasteiger partial charge in [-0.2, -0.15) is 0 Å². The van der Waals surface area contributed by atoms with Crippen LogP contribution in [0.1, 0.15) is 72.6 Å². The third-order valence-electron chi connectivity index (χ3n) is 8.49. The normalized spacial score (nSPS) is 15.3. The Hall–Kier alpha value is -4.28.